The molecule has 39 heavy (non-hydrogen) atoms. The number of hydrogen-bond acceptors (Lipinski definition) is 7. The van der Waals surface area contributed by atoms with Gasteiger partial charge in [-0.25, -0.2) is 14.0 Å². The quantitative estimate of drug-likeness (QED) is 0.220. The number of carbonyl (C=O) groups is 2. The normalized spacial score (nSPS) is 12.1. The van der Waals surface area contributed by atoms with Crippen molar-refractivity contribution < 1.29 is 28.6 Å². The maximum Gasteiger partial charge on any atom is 0.408 e. The molecule has 3 rings (SSSR count). The number of carboxylic acid groups (broad SMARTS) is 1. The van der Waals surface area contributed by atoms with Crippen LogP contribution in [0.5, 0.6) is 5.75 Å². The Labute approximate surface area is 232 Å². The molecule has 0 aliphatic rings. The van der Waals surface area contributed by atoms with E-state index in [1.807, 2.05) is 24.3 Å². The first-order chi connectivity index (χ1) is 18.6. The van der Waals surface area contributed by atoms with Gasteiger partial charge < -0.3 is 19.9 Å². The van der Waals surface area contributed by atoms with Gasteiger partial charge in [-0.3, -0.25) is 0 Å². The van der Waals surface area contributed by atoms with Crippen molar-refractivity contribution in [2.24, 2.45) is 0 Å². The lowest BCUT2D eigenvalue weighted by Gasteiger charge is -2.22. The van der Waals surface area contributed by atoms with Crippen molar-refractivity contribution >= 4 is 23.4 Å². The number of carbonyl (C=O) groups excluding carboxylic acids is 1. The molecule has 1 heterocycles. The van der Waals surface area contributed by atoms with Crippen LogP contribution in [-0.2, 0) is 16.0 Å². The van der Waals surface area contributed by atoms with Crippen molar-refractivity contribution in [3.05, 3.63) is 53.8 Å². The molecule has 1 amide bonds. The third-order valence-electron chi connectivity index (χ3n) is 5.74. The highest BCUT2D eigenvalue weighted by Crippen LogP contribution is 2.32. The average molecular weight is 558 g/mol. The number of ether oxygens (including phenoxy) is 2. The lowest BCUT2D eigenvalue weighted by atomic mass is 10.0. The van der Waals surface area contributed by atoms with Gasteiger partial charge in [0.15, 0.2) is 5.01 Å². The molecule has 210 valence electrons. The number of aromatic nitrogens is 2. The summed E-state index contributed by atoms with van der Waals surface area (Å²) in [7, 11) is 0. The first-order valence-electron chi connectivity index (χ1n) is 13.1. The summed E-state index contributed by atoms with van der Waals surface area (Å²) in [6.07, 6.45) is 4.94. The number of hydrogen-bond donors (Lipinski definition) is 2. The summed E-state index contributed by atoms with van der Waals surface area (Å²) in [6, 6.07) is 10.7. The van der Waals surface area contributed by atoms with Crippen LogP contribution in [-0.4, -0.2) is 45.6 Å². The van der Waals surface area contributed by atoms with E-state index in [1.54, 1.807) is 32.9 Å². The number of aliphatic carboxylic acids is 1. The van der Waals surface area contributed by atoms with Crippen molar-refractivity contribution in [1.82, 2.24) is 15.5 Å². The standard InChI is InChI=1S/C29H36FN3O5S/c1-5-6-7-8-9-16-37-21-13-11-20(12-14-21)25-32-33-26(39-25)22-15-10-19(17-23(22)30)18-24(27(34)35)31-28(36)38-29(2,3)4/h10-15,17,24H,5-9,16,18H2,1-4H3,(H,31,36)(H,34,35). The zero-order valence-electron chi connectivity index (χ0n) is 22.8. The van der Waals surface area contributed by atoms with Crippen LogP contribution in [0.2, 0.25) is 0 Å². The number of nitrogens with one attached hydrogen (secondary N) is 1. The molecule has 1 atom stereocenters. The van der Waals surface area contributed by atoms with Crippen LogP contribution in [0.4, 0.5) is 9.18 Å². The molecular weight excluding hydrogens is 521 g/mol. The molecular formula is C29H36FN3O5S. The van der Waals surface area contributed by atoms with Crippen molar-refractivity contribution in [3.63, 3.8) is 0 Å². The smallest absolute Gasteiger partial charge is 0.408 e. The van der Waals surface area contributed by atoms with Crippen LogP contribution in [0.15, 0.2) is 42.5 Å². The monoisotopic (exact) mass is 557 g/mol. The van der Waals surface area contributed by atoms with Gasteiger partial charge in [-0.05, 0) is 69.2 Å². The maximum absolute atomic E-state index is 15.0. The number of carboxylic acids is 1. The van der Waals surface area contributed by atoms with Crippen molar-refractivity contribution in [2.45, 2.75) is 77.9 Å². The van der Waals surface area contributed by atoms with E-state index in [4.69, 9.17) is 9.47 Å². The van der Waals surface area contributed by atoms with Gasteiger partial charge in [0.05, 0.1) is 6.61 Å². The van der Waals surface area contributed by atoms with E-state index < -0.39 is 29.5 Å². The molecule has 0 radical (unpaired) electrons. The van der Waals surface area contributed by atoms with E-state index in [0.717, 1.165) is 17.7 Å². The predicted molar refractivity (Wildman–Crippen MR) is 149 cm³/mol. The van der Waals surface area contributed by atoms with E-state index in [-0.39, 0.29) is 12.0 Å². The minimum atomic E-state index is -1.27. The average Bonchev–Trinajstić information content (AvgIpc) is 3.35. The van der Waals surface area contributed by atoms with Crippen LogP contribution in [0, 0.1) is 5.82 Å². The van der Waals surface area contributed by atoms with E-state index in [0.29, 0.717) is 22.2 Å². The number of rotatable bonds is 13. The van der Waals surface area contributed by atoms with E-state index in [2.05, 4.69) is 22.4 Å². The largest absolute Gasteiger partial charge is 0.494 e. The minimum Gasteiger partial charge on any atom is -0.494 e. The third kappa shape index (κ3) is 9.62. The Hall–Kier alpha value is -3.53. The molecule has 0 saturated carbocycles. The molecule has 1 unspecified atom stereocenters. The summed E-state index contributed by atoms with van der Waals surface area (Å²) in [5.41, 5.74) is 0.747. The Morgan fingerprint density at radius 3 is 2.36 bits per heavy atom. The molecule has 3 aromatic rings. The Morgan fingerprint density at radius 1 is 1.03 bits per heavy atom. The minimum absolute atomic E-state index is 0.111. The Bertz CT molecular complexity index is 1240. The molecule has 0 spiro atoms. The Kier molecular flexibility index (Phi) is 10.8. The van der Waals surface area contributed by atoms with Gasteiger partial charge in [0.2, 0.25) is 0 Å². The fraction of sp³-hybridized carbons (Fsp3) is 0.448. The Morgan fingerprint density at radius 2 is 1.72 bits per heavy atom. The van der Waals surface area contributed by atoms with Gasteiger partial charge >= 0.3 is 12.1 Å². The molecule has 2 N–H and O–H groups in total. The summed E-state index contributed by atoms with van der Waals surface area (Å²) in [6.45, 7) is 7.91. The second kappa shape index (κ2) is 14.0. The fourth-order valence-electron chi connectivity index (χ4n) is 3.78. The lowest BCUT2D eigenvalue weighted by molar-refractivity contribution is -0.139. The Balaban J connectivity index is 1.62. The van der Waals surface area contributed by atoms with Crippen molar-refractivity contribution in [1.29, 1.82) is 0 Å². The number of halogens is 1. The van der Waals surface area contributed by atoms with Crippen LogP contribution >= 0.6 is 11.3 Å². The van der Waals surface area contributed by atoms with Gasteiger partial charge in [-0.1, -0.05) is 50.0 Å². The van der Waals surface area contributed by atoms with Gasteiger partial charge in [-0.15, -0.1) is 10.2 Å². The number of unbranched alkanes of at least 4 members (excludes halogenated alkanes) is 4. The zero-order valence-corrected chi connectivity index (χ0v) is 23.6. The summed E-state index contributed by atoms with van der Waals surface area (Å²) >= 11 is 1.26. The van der Waals surface area contributed by atoms with Gasteiger partial charge in [-0.2, -0.15) is 0 Å². The lowest BCUT2D eigenvalue weighted by Crippen LogP contribution is -2.44. The summed E-state index contributed by atoms with van der Waals surface area (Å²) < 4.78 is 26.0. The van der Waals surface area contributed by atoms with Crippen LogP contribution in [0.3, 0.4) is 0 Å². The molecule has 0 fully saturated rings. The summed E-state index contributed by atoms with van der Waals surface area (Å²) in [4.78, 5) is 23.7. The van der Waals surface area contributed by atoms with Gasteiger partial charge in [0, 0.05) is 17.5 Å². The molecule has 0 aliphatic heterocycles. The highest BCUT2D eigenvalue weighted by molar-refractivity contribution is 7.17. The van der Waals surface area contributed by atoms with Gasteiger partial charge in [0.25, 0.3) is 0 Å². The van der Waals surface area contributed by atoms with Crippen LogP contribution < -0.4 is 10.1 Å². The molecule has 8 nitrogen and oxygen atoms in total. The van der Waals surface area contributed by atoms with Crippen molar-refractivity contribution in [2.75, 3.05) is 6.61 Å². The molecule has 0 aliphatic carbocycles. The summed E-state index contributed by atoms with van der Waals surface area (Å²) in [5.74, 6) is -1.01. The van der Waals surface area contributed by atoms with E-state index in [1.165, 1.54) is 43.1 Å². The van der Waals surface area contributed by atoms with E-state index in [9.17, 15) is 14.7 Å². The maximum atomic E-state index is 15.0. The predicted octanol–water partition coefficient (Wildman–Crippen LogP) is 6.88. The van der Waals surface area contributed by atoms with Crippen LogP contribution in [0.25, 0.3) is 21.1 Å². The molecule has 2 aromatic carbocycles. The molecule has 0 bridgehead atoms. The molecule has 1 aromatic heterocycles. The first-order valence-corrected chi connectivity index (χ1v) is 13.9. The number of alkyl carbamates (subject to hydrolysis) is 1. The SMILES string of the molecule is CCCCCCCOc1ccc(-c2nnc(-c3ccc(CC(NC(=O)OC(C)(C)C)C(=O)O)cc3F)s2)cc1. The van der Waals surface area contributed by atoms with E-state index >= 15 is 4.39 Å². The van der Waals surface area contributed by atoms with Crippen LogP contribution in [0.1, 0.15) is 65.4 Å². The van der Waals surface area contributed by atoms with Crippen molar-refractivity contribution in [3.8, 4) is 26.9 Å². The summed E-state index contributed by atoms with van der Waals surface area (Å²) in [5, 5.41) is 21.2. The highest BCUT2D eigenvalue weighted by Gasteiger charge is 2.25. The zero-order chi connectivity index (χ0) is 28.4. The highest BCUT2D eigenvalue weighted by atomic mass is 32.1. The second-order valence-corrected chi connectivity index (χ2v) is 11.2. The first kappa shape index (κ1) is 30.0. The molecule has 0 saturated heterocycles. The third-order valence-corrected chi connectivity index (χ3v) is 6.74. The van der Waals surface area contributed by atoms with Gasteiger partial charge in [0.1, 0.15) is 28.2 Å². The number of nitrogens with zero attached hydrogens (tertiary/aromatic N) is 2. The number of amides is 1. The topological polar surface area (TPSA) is 111 Å². The molecule has 10 heteroatoms. The number of benzene rings is 2. The second-order valence-electron chi connectivity index (χ2n) is 10.3. The fourth-order valence-corrected chi connectivity index (χ4v) is 4.66.